The number of sulfone groups is 1. The first-order chi connectivity index (χ1) is 7.04. The van der Waals surface area contributed by atoms with Gasteiger partial charge in [-0.15, -0.1) is 0 Å². The highest BCUT2D eigenvalue weighted by Crippen LogP contribution is 2.36. The second kappa shape index (κ2) is 3.20. The molecular formula is C10H8O4S. The molecule has 0 bridgehead atoms. The van der Waals surface area contributed by atoms with E-state index in [-0.39, 0.29) is 17.1 Å². The van der Waals surface area contributed by atoms with Gasteiger partial charge in [-0.25, -0.2) is 8.42 Å². The number of fused-ring (bicyclic) bond motifs is 1. The molecule has 0 saturated carbocycles. The van der Waals surface area contributed by atoms with Gasteiger partial charge >= 0.3 is 0 Å². The summed E-state index contributed by atoms with van der Waals surface area (Å²) in [6.07, 6.45) is 0.677. The molecule has 0 unspecified atom stereocenters. The molecule has 1 aliphatic rings. The maximum atomic E-state index is 11.6. The number of hydrogen-bond acceptors (Lipinski definition) is 4. The van der Waals surface area contributed by atoms with E-state index in [1.165, 1.54) is 18.2 Å². The van der Waals surface area contributed by atoms with Gasteiger partial charge in [0.05, 0.1) is 4.90 Å². The fourth-order valence-electron chi connectivity index (χ4n) is 1.58. The summed E-state index contributed by atoms with van der Waals surface area (Å²) < 4.78 is 23.2. The summed E-state index contributed by atoms with van der Waals surface area (Å²) in [6.45, 7) is 0. The molecule has 1 aromatic rings. The standard InChI is InChI=1S/C10H8O4S/c11-4-3-7-6-15(13,14)10-2-1-8(12)5-9(7)10/h1-2,4-6,12H,3H2. The van der Waals surface area contributed by atoms with Crippen LogP contribution < -0.4 is 0 Å². The number of hydrogen-bond donors (Lipinski definition) is 1. The number of phenolic OH excluding ortho intramolecular Hbond substituents is 1. The van der Waals surface area contributed by atoms with Crippen LogP contribution >= 0.6 is 0 Å². The second-order valence-electron chi connectivity index (χ2n) is 3.24. The van der Waals surface area contributed by atoms with Gasteiger partial charge in [-0.2, -0.15) is 0 Å². The summed E-state index contributed by atoms with van der Waals surface area (Å²) in [6, 6.07) is 4.01. The SMILES string of the molecule is O=CCC1=CS(=O)(=O)c2ccc(O)cc21. The molecule has 0 saturated heterocycles. The van der Waals surface area contributed by atoms with Crippen LogP contribution in [0, 0.1) is 0 Å². The average Bonchev–Trinajstić information content (AvgIpc) is 2.39. The van der Waals surface area contributed by atoms with E-state index < -0.39 is 9.84 Å². The third-order valence-electron chi connectivity index (χ3n) is 2.22. The van der Waals surface area contributed by atoms with E-state index >= 15 is 0 Å². The fraction of sp³-hybridized carbons (Fsp3) is 0.100. The van der Waals surface area contributed by atoms with Crippen molar-refractivity contribution in [3.8, 4) is 5.75 Å². The maximum absolute atomic E-state index is 11.6. The van der Waals surface area contributed by atoms with E-state index in [0.29, 0.717) is 17.4 Å². The number of benzene rings is 1. The van der Waals surface area contributed by atoms with Gasteiger partial charge in [-0.1, -0.05) is 0 Å². The minimum atomic E-state index is -3.43. The highest BCUT2D eigenvalue weighted by molar-refractivity contribution is 7.95. The zero-order chi connectivity index (χ0) is 11.1. The van der Waals surface area contributed by atoms with Crippen molar-refractivity contribution in [2.45, 2.75) is 11.3 Å². The summed E-state index contributed by atoms with van der Waals surface area (Å²) in [5.41, 5.74) is 0.845. The summed E-state index contributed by atoms with van der Waals surface area (Å²) in [7, 11) is -3.43. The molecule has 1 N–H and O–H groups in total. The molecule has 78 valence electrons. The van der Waals surface area contributed by atoms with Gasteiger partial charge in [0.2, 0.25) is 9.84 Å². The van der Waals surface area contributed by atoms with Crippen LogP contribution in [0.3, 0.4) is 0 Å². The lowest BCUT2D eigenvalue weighted by atomic mass is 10.1. The first kappa shape index (κ1) is 9.92. The number of phenols is 1. The van der Waals surface area contributed by atoms with Crippen LogP contribution in [0.5, 0.6) is 5.75 Å². The Labute approximate surface area is 86.8 Å². The summed E-state index contributed by atoms with van der Waals surface area (Å²) >= 11 is 0. The predicted molar refractivity (Wildman–Crippen MR) is 54.0 cm³/mol. The van der Waals surface area contributed by atoms with E-state index in [1.54, 1.807) is 0 Å². The third kappa shape index (κ3) is 1.55. The molecule has 0 aromatic heterocycles. The molecule has 2 rings (SSSR count). The molecular weight excluding hydrogens is 216 g/mol. The van der Waals surface area contributed by atoms with Crippen LogP contribution in [-0.4, -0.2) is 19.8 Å². The number of carbonyl (C=O) groups excluding carboxylic acids is 1. The van der Waals surface area contributed by atoms with Gasteiger partial charge < -0.3 is 9.90 Å². The Morgan fingerprint density at radius 1 is 1.33 bits per heavy atom. The summed E-state index contributed by atoms with van der Waals surface area (Å²) in [5, 5.41) is 10.3. The number of carbonyl (C=O) groups is 1. The number of allylic oxidation sites excluding steroid dienone is 1. The maximum Gasteiger partial charge on any atom is 0.200 e. The van der Waals surface area contributed by atoms with Crippen LogP contribution in [0.4, 0.5) is 0 Å². The van der Waals surface area contributed by atoms with Gasteiger partial charge in [0, 0.05) is 17.4 Å². The van der Waals surface area contributed by atoms with Gasteiger partial charge in [0.25, 0.3) is 0 Å². The normalized spacial score (nSPS) is 16.9. The summed E-state index contributed by atoms with van der Waals surface area (Å²) in [4.78, 5) is 10.5. The van der Waals surface area contributed by atoms with Crippen molar-refractivity contribution < 1.29 is 18.3 Å². The Kier molecular flexibility index (Phi) is 2.12. The average molecular weight is 224 g/mol. The number of rotatable bonds is 2. The van der Waals surface area contributed by atoms with Crippen molar-refractivity contribution in [3.05, 3.63) is 29.2 Å². The monoisotopic (exact) mass is 224 g/mol. The second-order valence-corrected chi connectivity index (χ2v) is 5.00. The molecule has 0 radical (unpaired) electrons. The van der Waals surface area contributed by atoms with Crippen molar-refractivity contribution >= 4 is 21.7 Å². The van der Waals surface area contributed by atoms with Crippen LogP contribution in [0.25, 0.3) is 5.57 Å². The Balaban J connectivity index is 2.68. The Morgan fingerprint density at radius 2 is 2.07 bits per heavy atom. The predicted octanol–water partition coefficient (Wildman–Crippen LogP) is 1.11. The Hall–Kier alpha value is -1.62. The highest BCUT2D eigenvalue weighted by atomic mass is 32.2. The largest absolute Gasteiger partial charge is 0.508 e. The van der Waals surface area contributed by atoms with Crippen molar-refractivity contribution in [2.24, 2.45) is 0 Å². The van der Waals surface area contributed by atoms with Crippen molar-refractivity contribution in [1.29, 1.82) is 0 Å². The van der Waals surface area contributed by atoms with Crippen molar-refractivity contribution in [3.63, 3.8) is 0 Å². The molecule has 5 heteroatoms. The molecule has 0 atom stereocenters. The topological polar surface area (TPSA) is 71.4 Å². The van der Waals surface area contributed by atoms with E-state index in [9.17, 15) is 18.3 Å². The van der Waals surface area contributed by atoms with Gasteiger partial charge in [-0.05, 0) is 23.8 Å². The van der Waals surface area contributed by atoms with Gasteiger partial charge in [-0.3, -0.25) is 0 Å². The minimum absolute atomic E-state index is 0.0114. The number of aromatic hydroxyl groups is 1. The first-order valence-corrected chi connectivity index (χ1v) is 5.82. The Morgan fingerprint density at radius 3 is 2.73 bits per heavy atom. The molecule has 0 fully saturated rings. The van der Waals surface area contributed by atoms with Crippen LogP contribution in [-0.2, 0) is 14.6 Å². The van der Waals surface area contributed by atoms with Crippen molar-refractivity contribution in [2.75, 3.05) is 0 Å². The molecule has 0 aliphatic carbocycles. The highest BCUT2D eigenvalue weighted by Gasteiger charge is 2.26. The van der Waals surface area contributed by atoms with Gasteiger partial charge in [0.15, 0.2) is 0 Å². The number of aldehydes is 1. The van der Waals surface area contributed by atoms with Crippen LogP contribution in [0.2, 0.25) is 0 Å². The Bertz CT molecular complexity index is 555. The molecule has 4 nitrogen and oxygen atoms in total. The molecule has 1 aromatic carbocycles. The third-order valence-corrected chi connectivity index (χ3v) is 3.78. The van der Waals surface area contributed by atoms with Crippen molar-refractivity contribution in [1.82, 2.24) is 0 Å². The molecule has 0 spiro atoms. The lowest BCUT2D eigenvalue weighted by Gasteiger charge is -2.01. The minimum Gasteiger partial charge on any atom is -0.508 e. The molecule has 1 heterocycles. The van der Waals surface area contributed by atoms with Crippen LogP contribution in [0.1, 0.15) is 12.0 Å². The van der Waals surface area contributed by atoms with E-state index in [4.69, 9.17) is 0 Å². The van der Waals surface area contributed by atoms with Gasteiger partial charge in [0.1, 0.15) is 12.0 Å². The smallest absolute Gasteiger partial charge is 0.200 e. The van der Waals surface area contributed by atoms with E-state index in [0.717, 1.165) is 5.41 Å². The zero-order valence-corrected chi connectivity index (χ0v) is 8.49. The summed E-state index contributed by atoms with van der Waals surface area (Å²) in [5.74, 6) is -0.0114. The zero-order valence-electron chi connectivity index (χ0n) is 7.67. The molecule has 15 heavy (non-hydrogen) atoms. The molecule has 1 aliphatic heterocycles. The first-order valence-electron chi connectivity index (χ1n) is 4.27. The van der Waals surface area contributed by atoms with E-state index in [2.05, 4.69) is 0 Å². The quantitative estimate of drug-likeness (QED) is 0.764. The van der Waals surface area contributed by atoms with E-state index in [1.807, 2.05) is 0 Å². The molecule has 0 amide bonds. The lowest BCUT2D eigenvalue weighted by Crippen LogP contribution is -1.92. The van der Waals surface area contributed by atoms with Crippen LogP contribution in [0.15, 0.2) is 28.5 Å². The lowest BCUT2D eigenvalue weighted by molar-refractivity contribution is -0.107. The fourth-order valence-corrected chi connectivity index (χ4v) is 3.06.